The number of nitrogens with zero attached hydrogens (tertiary/aromatic N) is 4. The highest BCUT2D eigenvalue weighted by Gasteiger charge is 2.55. The van der Waals surface area contributed by atoms with E-state index in [9.17, 15) is 23.2 Å². The fourth-order valence-electron chi connectivity index (χ4n) is 3.70. The Balaban J connectivity index is 1.29. The zero-order chi connectivity index (χ0) is 22.4. The molecule has 0 spiro atoms. The number of ether oxygens (including phenoxy) is 2. The highest BCUT2D eigenvalue weighted by atomic mass is 19.2. The molecule has 0 bridgehead atoms. The minimum atomic E-state index is -1.20. The van der Waals surface area contributed by atoms with Gasteiger partial charge in [0.1, 0.15) is 19.8 Å². The molecule has 0 saturated carbocycles. The van der Waals surface area contributed by atoms with Gasteiger partial charge in [0.2, 0.25) is 5.91 Å². The molecule has 1 saturated heterocycles. The number of carbonyl (C=O) groups is 3. The molecule has 3 amide bonds. The molecule has 3 aliphatic rings. The summed E-state index contributed by atoms with van der Waals surface area (Å²) in [4.78, 5) is 38.7. The highest BCUT2D eigenvalue weighted by Crippen LogP contribution is 2.34. The van der Waals surface area contributed by atoms with Crippen molar-refractivity contribution in [2.45, 2.75) is 12.1 Å². The molecule has 12 heteroatoms. The molecule has 5 rings (SSSR count). The predicted molar refractivity (Wildman–Crippen MR) is 104 cm³/mol. The zero-order valence-electron chi connectivity index (χ0n) is 16.3. The smallest absolute Gasteiger partial charge is 0.263 e. The number of imide groups is 1. The Hall–Kier alpha value is -4.09. The van der Waals surface area contributed by atoms with E-state index in [1.165, 1.54) is 0 Å². The van der Waals surface area contributed by atoms with Crippen molar-refractivity contribution in [3.63, 3.8) is 0 Å². The number of fused-ring (bicyclic) bond motifs is 2. The van der Waals surface area contributed by atoms with E-state index in [1.54, 1.807) is 18.2 Å². The first-order valence-electron chi connectivity index (χ1n) is 9.62. The highest BCUT2D eigenvalue weighted by molar-refractivity contribution is 6.25. The first-order valence-corrected chi connectivity index (χ1v) is 9.62. The molecule has 3 heterocycles. The average molecular weight is 443 g/mol. The molecular weight excluding hydrogens is 428 g/mol. The van der Waals surface area contributed by atoms with Crippen molar-refractivity contribution in [3.05, 3.63) is 48.0 Å². The number of rotatable bonds is 4. The van der Waals surface area contributed by atoms with Crippen LogP contribution in [0.15, 0.2) is 46.7 Å². The van der Waals surface area contributed by atoms with Crippen LogP contribution in [0, 0.1) is 11.6 Å². The molecule has 1 N–H and O–H groups in total. The van der Waals surface area contributed by atoms with Crippen molar-refractivity contribution in [3.8, 4) is 11.5 Å². The topological polar surface area (TPSA) is 113 Å². The molecule has 0 aromatic heterocycles. The fraction of sp³-hybridized carbons (Fsp3) is 0.250. The van der Waals surface area contributed by atoms with Crippen LogP contribution in [0.3, 0.4) is 0 Å². The van der Waals surface area contributed by atoms with Crippen molar-refractivity contribution in [2.24, 2.45) is 10.3 Å². The average Bonchev–Trinajstić information content (AvgIpc) is 3.29. The number of amides is 3. The van der Waals surface area contributed by atoms with Crippen LogP contribution in [0.25, 0.3) is 0 Å². The lowest BCUT2D eigenvalue weighted by Crippen LogP contribution is -2.43. The summed E-state index contributed by atoms with van der Waals surface area (Å²) in [6.07, 6.45) is 0. The van der Waals surface area contributed by atoms with Gasteiger partial charge >= 0.3 is 0 Å². The van der Waals surface area contributed by atoms with Gasteiger partial charge < -0.3 is 14.8 Å². The maximum Gasteiger partial charge on any atom is 0.263 e. The molecule has 32 heavy (non-hydrogen) atoms. The number of anilines is 2. The molecule has 0 radical (unpaired) electrons. The van der Waals surface area contributed by atoms with Crippen LogP contribution in [-0.2, 0) is 14.4 Å². The number of nitrogens with one attached hydrogen (secondary N) is 1. The lowest BCUT2D eigenvalue weighted by molar-refractivity contribution is -0.123. The van der Waals surface area contributed by atoms with Crippen LogP contribution in [0.4, 0.5) is 20.2 Å². The Morgan fingerprint density at radius 3 is 2.59 bits per heavy atom. The monoisotopic (exact) mass is 443 g/mol. The second kappa shape index (κ2) is 7.55. The van der Waals surface area contributed by atoms with Crippen LogP contribution in [0.1, 0.15) is 0 Å². The van der Waals surface area contributed by atoms with Gasteiger partial charge in [-0.25, -0.2) is 13.7 Å². The zero-order valence-corrected chi connectivity index (χ0v) is 16.3. The third-order valence-electron chi connectivity index (χ3n) is 5.15. The van der Waals surface area contributed by atoms with Gasteiger partial charge in [0.15, 0.2) is 35.2 Å². The minimum Gasteiger partial charge on any atom is -0.486 e. The Morgan fingerprint density at radius 1 is 1.03 bits per heavy atom. The van der Waals surface area contributed by atoms with Gasteiger partial charge in [0, 0.05) is 17.8 Å². The lowest BCUT2D eigenvalue weighted by atomic mass is 10.1. The van der Waals surface area contributed by atoms with E-state index in [0.717, 1.165) is 28.1 Å². The van der Waals surface area contributed by atoms with Gasteiger partial charge in [-0.2, -0.15) is 5.11 Å². The minimum absolute atomic E-state index is 0.121. The van der Waals surface area contributed by atoms with Crippen molar-refractivity contribution in [1.82, 2.24) is 5.01 Å². The first-order chi connectivity index (χ1) is 15.4. The van der Waals surface area contributed by atoms with E-state index in [4.69, 9.17) is 9.47 Å². The summed E-state index contributed by atoms with van der Waals surface area (Å²) in [6.45, 7) is 0.478. The lowest BCUT2D eigenvalue weighted by Gasteiger charge is -2.21. The summed E-state index contributed by atoms with van der Waals surface area (Å²) in [7, 11) is 0. The second-order valence-electron chi connectivity index (χ2n) is 7.21. The Kier molecular flexibility index (Phi) is 4.68. The maximum atomic E-state index is 13.6. The van der Waals surface area contributed by atoms with Crippen LogP contribution in [0.2, 0.25) is 0 Å². The fourth-order valence-corrected chi connectivity index (χ4v) is 3.70. The van der Waals surface area contributed by atoms with E-state index >= 15 is 0 Å². The SMILES string of the molecule is O=C(CN1N=N[C@H]2C(=O)N(c3ccc(F)c(F)c3)C(=O)[C@H]21)Nc1ccc2c(c1)OCCO2. The number of hydrogen-bond donors (Lipinski definition) is 1. The molecule has 2 aromatic rings. The van der Waals surface area contributed by atoms with Crippen LogP contribution >= 0.6 is 0 Å². The van der Waals surface area contributed by atoms with E-state index in [1.807, 2.05) is 0 Å². The second-order valence-corrected chi connectivity index (χ2v) is 7.21. The van der Waals surface area contributed by atoms with Crippen molar-refractivity contribution in [2.75, 3.05) is 30.0 Å². The van der Waals surface area contributed by atoms with Gasteiger partial charge in [0.05, 0.1) is 5.69 Å². The van der Waals surface area contributed by atoms with Gasteiger partial charge in [-0.3, -0.25) is 19.4 Å². The molecule has 3 aliphatic heterocycles. The Labute approximate surface area is 179 Å². The molecule has 1 fully saturated rings. The van der Waals surface area contributed by atoms with Crippen LogP contribution in [0.5, 0.6) is 11.5 Å². The largest absolute Gasteiger partial charge is 0.486 e. The van der Waals surface area contributed by atoms with E-state index in [0.29, 0.717) is 30.4 Å². The molecule has 0 aliphatic carbocycles. The third-order valence-corrected chi connectivity index (χ3v) is 5.15. The standard InChI is InChI=1S/C20H15F2N5O5/c21-12-3-2-11(8-13(12)22)27-19(29)17-18(20(27)30)26(25-24-17)9-16(28)23-10-1-4-14-15(7-10)32-6-5-31-14/h1-4,7-8,17-18H,5-6,9H2,(H,23,28)/t17-,18+/m1/s1. The number of halogens is 2. The summed E-state index contributed by atoms with van der Waals surface area (Å²) < 4.78 is 37.7. The van der Waals surface area contributed by atoms with Gasteiger partial charge in [-0.1, -0.05) is 5.22 Å². The molecule has 164 valence electrons. The number of benzene rings is 2. The van der Waals surface area contributed by atoms with Crippen LogP contribution in [-0.4, -0.2) is 54.6 Å². The van der Waals surface area contributed by atoms with Gasteiger partial charge in [0.25, 0.3) is 11.8 Å². The quantitative estimate of drug-likeness (QED) is 0.720. The van der Waals surface area contributed by atoms with Gasteiger partial charge in [-0.05, 0) is 24.3 Å². The number of carbonyl (C=O) groups excluding carboxylic acids is 3. The summed E-state index contributed by atoms with van der Waals surface area (Å²) in [5.41, 5.74) is 0.327. The molecule has 10 nitrogen and oxygen atoms in total. The van der Waals surface area contributed by atoms with Crippen molar-refractivity contribution in [1.29, 1.82) is 0 Å². The summed E-state index contributed by atoms with van der Waals surface area (Å²) in [5.74, 6) is -3.21. The van der Waals surface area contributed by atoms with E-state index in [-0.39, 0.29) is 12.2 Å². The summed E-state index contributed by atoms with van der Waals surface area (Å²) in [6, 6.07) is 5.27. The predicted octanol–water partition coefficient (Wildman–Crippen LogP) is 1.67. The third kappa shape index (κ3) is 3.29. The van der Waals surface area contributed by atoms with Crippen LogP contribution < -0.4 is 19.7 Å². The Morgan fingerprint density at radius 2 is 1.81 bits per heavy atom. The van der Waals surface area contributed by atoms with Gasteiger partial charge in [-0.15, -0.1) is 0 Å². The first kappa shape index (κ1) is 19.8. The molecule has 2 aromatic carbocycles. The summed E-state index contributed by atoms with van der Waals surface area (Å²) >= 11 is 0. The molecular formula is C20H15F2N5O5. The molecule has 0 unspecified atom stereocenters. The molecule has 2 atom stereocenters. The Bertz CT molecular complexity index is 1170. The normalized spacial score (nSPS) is 21.2. The van der Waals surface area contributed by atoms with Crippen molar-refractivity contribution >= 4 is 29.1 Å². The van der Waals surface area contributed by atoms with Crippen molar-refractivity contribution < 1.29 is 32.6 Å². The number of hydrogen-bond acceptors (Lipinski definition) is 8. The van der Waals surface area contributed by atoms with E-state index < -0.39 is 41.4 Å². The summed E-state index contributed by atoms with van der Waals surface area (Å²) in [5, 5.41) is 11.3. The van der Waals surface area contributed by atoms with E-state index in [2.05, 4.69) is 15.7 Å². The maximum absolute atomic E-state index is 13.6.